The highest BCUT2D eigenvalue weighted by atomic mass is 35.5. The Morgan fingerprint density at radius 1 is 1.40 bits per heavy atom. The van der Waals surface area contributed by atoms with Gasteiger partial charge in [0.15, 0.2) is 0 Å². The van der Waals surface area contributed by atoms with Crippen LogP contribution in [0.15, 0.2) is 18.2 Å². The molecule has 1 N–H and O–H groups in total. The fourth-order valence-electron chi connectivity index (χ4n) is 2.08. The number of methoxy groups -OCH3 is 1. The predicted octanol–water partition coefficient (Wildman–Crippen LogP) is 2.82. The lowest BCUT2D eigenvalue weighted by Gasteiger charge is -2.19. The van der Waals surface area contributed by atoms with Crippen LogP contribution in [0.2, 0.25) is 5.02 Å². The zero-order valence-electron chi connectivity index (χ0n) is 12.1. The van der Waals surface area contributed by atoms with Crippen LogP contribution < -0.4 is 10.1 Å². The number of nitrogens with one attached hydrogen (secondary N) is 1. The van der Waals surface area contributed by atoms with E-state index in [-0.39, 0.29) is 17.5 Å². The molecule has 0 aromatic heterocycles. The first kappa shape index (κ1) is 17.3. The van der Waals surface area contributed by atoms with Gasteiger partial charge in [-0.25, -0.2) is 8.42 Å². The molecule has 0 aliphatic rings. The molecule has 0 fully saturated rings. The first-order valence-corrected chi connectivity index (χ1v) is 8.84. The van der Waals surface area contributed by atoms with Crippen molar-refractivity contribution in [2.24, 2.45) is 0 Å². The Bertz CT molecular complexity index is 531. The predicted molar refractivity (Wildman–Crippen MR) is 83.4 cm³/mol. The molecule has 1 aromatic carbocycles. The molecule has 0 spiro atoms. The Labute approximate surface area is 126 Å². The summed E-state index contributed by atoms with van der Waals surface area (Å²) >= 11 is 6.02. The summed E-state index contributed by atoms with van der Waals surface area (Å²) in [6.07, 6.45) is 1.32. The summed E-state index contributed by atoms with van der Waals surface area (Å²) in [5.74, 6) is 1.16. The summed E-state index contributed by atoms with van der Waals surface area (Å²) in [7, 11) is 0.544. The average molecular weight is 320 g/mol. The minimum absolute atomic E-state index is 0.0238. The molecule has 1 unspecified atom stereocenters. The van der Waals surface area contributed by atoms with Crippen molar-refractivity contribution >= 4 is 21.4 Å². The zero-order valence-corrected chi connectivity index (χ0v) is 13.7. The Balaban J connectivity index is 2.78. The minimum Gasteiger partial charge on any atom is -0.496 e. The van der Waals surface area contributed by atoms with Crippen LogP contribution in [0, 0.1) is 0 Å². The lowest BCUT2D eigenvalue weighted by molar-refractivity contribution is 0.398. The van der Waals surface area contributed by atoms with E-state index in [1.54, 1.807) is 20.1 Å². The molecule has 1 atom stereocenters. The molecule has 0 radical (unpaired) electrons. The van der Waals surface area contributed by atoms with E-state index in [9.17, 15) is 8.42 Å². The van der Waals surface area contributed by atoms with Crippen LogP contribution >= 0.6 is 11.6 Å². The van der Waals surface area contributed by atoms with Gasteiger partial charge in [0.2, 0.25) is 0 Å². The molecule has 20 heavy (non-hydrogen) atoms. The van der Waals surface area contributed by atoms with Crippen LogP contribution in [-0.4, -0.2) is 34.1 Å². The van der Waals surface area contributed by atoms with Crippen LogP contribution in [0.25, 0.3) is 0 Å². The summed E-state index contributed by atoms with van der Waals surface area (Å²) < 4.78 is 28.4. The number of ether oxygens (including phenoxy) is 1. The van der Waals surface area contributed by atoms with Crippen LogP contribution in [0.4, 0.5) is 0 Å². The number of hydrogen-bond donors (Lipinski definition) is 1. The van der Waals surface area contributed by atoms with Crippen molar-refractivity contribution in [2.45, 2.75) is 25.8 Å². The number of rotatable bonds is 8. The topological polar surface area (TPSA) is 55.4 Å². The number of hydrogen-bond acceptors (Lipinski definition) is 4. The normalized spacial score (nSPS) is 13.2. The first-order valence-electron chi connectivity index (χ1n) is 6.64. The maximum absolute atomic E-state index is 11.5. The average Bonchev–Trinajstić information content (AvgIpc) is 2.43. The van der Waals surface area contributed by atoms with Gasteiger partial charge in [-0.1, -0.05) is 18.5 Å². The van der Waals surface area contributed by atoms with E-state index in [4.69, 9.17) is 16.3 Å². The van der Waals surface area contributed by atoms with Crippen molar-refractivity contribution in [3.63, 3.8) is 0 Å². The molecule has 1 rings (SSSR count). The minimum atomic E-state index is -2.91. The zero-order chi connectivity index (χ0) is 15.2. The second-order valence-electron chi connectivity index (χ2n) is 4.61. The lowest BCUT2D eigenvalue weighted by atomic mass is 10.0. The molecule has 1 aromatic rings. The largest absolute Gasteiger partial charge is 0.496 e. The second kappa shape index (κ2) is 7.86. The SMILES string of the molecule is CCS(=O)(=O)CCCC(NC)c1cc(Cl)ccc1OC. The summed E-state index contributed by atoms with van der Waals surface area (Å²) in [4.78, 5) is 0. The van der Waals surface area contributed by atoms with E-state index in [1.807, 2.05) is 19.2 Å². The van der Waals surface area contributed by atoms with Gasteiger partial charge in [0.05, 0.1) is 12.9 Å². The quantitative estimate of drug-likeness (QED) is 0.800. The van der Waals surface area contributed by atoms with Crippen LogP contribution in [0.5, 0.6) is 5.75 Å². The van der Waals surface area contributed by atoms with Crippen LogP contribution in [-0.2, 0) is 9.84 Å². The molecule has 0 saturated carbocycles. The summed E-state index contributed by atoms with van der Waals surface area (Å²) in [6.45, 7) is 1.67. The number of sulfone groups is 1. The molecule has 114 valence electrons. The van der Waals surface area contributed by atoms with Gasteiger partial charge in [-0.3, -0.25) is 0 Å². The summed E-state index contributed by atoms with van der Waals surface area (Å²) in [5, 5.41) is 3.83. The fourth-order valence-corrected chi connectivity index (χ4v) is 3.16. The van der Waals surface area contributed by atoms with Crippen molar-refractivity contribution < 1.29 is 13.2 Å². The Hall–Kier alpha value is -0.780. The van der Waals surface area contributed by atoms with E-state index < -0.39 is 9.84 Å². The van der Waals surface area contributed by atoms with E-state index in [0.29, 0.717) is 17.9 Å². The summed E-state index contributed by atoms with van der Waals surface area (Å²) in [6, 6.07) is 5.48. The Morgan fingerprint density at radius 2 is 2.10 bits per heavy atom. The third kappa shape index (κ3) is 4.96. The maximum Gasteiger partial charge on any atom is 0.150 e. The second-order valence-corrected chi connectivity index (χ2v) is 7.52. The summed E-state index contributed by atoms with van der Waals surface area (Å²) in [5.41, 5.74) is 0.955. The van der Waals surface area contributed by atoms with Gasteiger partial charge in [0, 0.05) is 22.4 Å². The molecular weight excluding hydrogens is 298 g/mol. The van der Waals surface area contributed by atoms with E-state index in [0.717, 1.165) is 11.3 Å². The first-order chi connectivity index (χ1) is 9.43. The van der Waals surface area contributed by atoms with E-state index in [1.165, 1.54) is 0 Å². The molecule has 0 aliphatic carbocycles. The standard InChI is InChI=1S/C14H22ClNO3S/c1-4-20(17,18)9-5-6-13(16-2)12-10-11(15)7-8-14(12)19-3/h7-8,10,13,16H,4-6,9H2,1-3H3. The molecule has 0 saturated heterocycles. The fraction of sp³-hybridized carbons (Fsp3) is 0.571. The van der Waals surface area contributed by atoms with Crippen molar-refractivity contribution in [3.05, 3.63) is 28.8 Å². The third-order valence-corrected chi connectivity index (χ3v) is 5.33. The Morgan fingerprint density at radius 3 is 2.65 bits per heavy atom. The van der Waals surface area contributed by atoms with Gasteiger partial charge < -0.3 is 10.1 Å². The van der Waals surface area contributed by atoms with Crippen LogP contribution in [0.1, 0.15) is 31.4 Å². The maximum atomic E-state index is 11.5. The highest BCUT2D eigenvalue weighted by Gasteiger charge is 2.16. The molecule has 0 bridgehead atoms. The molecule has 0 amide bonds. The molecule has 0 aliphatic heterocycles. The van der Waals surface area contributed by atoms with Crippen molar-refractivity contribution in [1.82, 2.24) is 5.32 Å². The molecular formula is C14H22ClNO3S. The van der Waals surface area contributed by atoms with Gasteiger partial charge in [-0.05, 0) is 38.1 Å². The third-order valence-electron chi connectivity index (χ3n) is 3.30. The van der Waals surface area contributed by atoms with E-state index >= 15 is 0 Å². The van der Waals surface area contributed by atoms with Crippen molar-refractivity contribution in [3.8, 4) is 5.75 Å². The number of halogens is 1. The molecule has 0 heterocycles. The monoisotopic (exact) mass is 319 g/mol. The van der Waals surface area contributed by atoms with Gasteiger partial charge in [0.25, 0.3) is 0 Å². The van der Waals surface area contributed by atoms with Gasteiger partial charge in [-0.15, -0.1) is 0 Å². The van der Waals surface area contributed by atoms with Crippen LogP contribution in [0.3, 0.4) is 0 Å². The van der Waals surface area contributed by atoms with Crippen molar-refractivity contribution in [2.75, 3.05) is 25.7 Å². The highest BCUT2D eigenvalue weighted by Crippen LogP contribution is 2.30. The van der Waals surface area contributed by atoms with Gasteiger partial charge >= 0.3 is 0 Å². The Kier molecular flexibility index (Phi) is 6.79. The smallest absolute Gasteiger partial charge is 0.150 e. The molecule has 6 heteroatoms. The van der Waals surface area contributed by atoms with E-state index in [2.05, 4.69) is 5.32 Å². The van der Waals surface area contributed by atoms with Gasteiger partial charge in [-0.2, -0.15) is 0 Å². The number of benzene rings is 1. The highest BCUT2D eigenvalue weighted by molar-refractivity contribution is 7.91. The van der Waals surface area contributed by atoms with Gasteiger partial charge in [0.1, 0.15) is 15.6 Å². The lowest BCUT2D eigenvalue weighted by Crippen LogP contribution is -2.19. The molecule has 4 nitrogen and oxygen atoms in total. The van der Waals surface area contributed by atoms with Crippen molar-refractivity contribution in [1.29, 1.82) is 0 Å².